The number of rotatable bonds is 7. The molecule has 8 heteroatoms. The van der Waals surface area contributed by atoms with Gasteiger partial charge < -0.3 is 5.32 Å². The third-order valence-electron chi connectivity index (χ3n) is 4.17. The number of carbonyl (C=O) groups excluding carboxylic acids is 1. The first-order valence-electron chi connectivity index (χ1n) is 8.71. The molecule has 0 unspecified atom stereocenters. The van der Waals surface area contributed by atoms with Crippen LogP contribution in [0.15, 0.2) is 83.8 Å². The first-order valence-corrected chi connectivity index (χ1v) is 10.2. The summed E-state index contributed by atoms with van der Waals surface area (Å²) in [6.07, 6.45) is 0. The molecule has 0 bridgehead atoms. The molecule has 0 spiro atoms. The van der Waals surface area contributed by atoms with E-state index in [2.05, 4.69) is 5.32 Å². The maximum atomic E-state index is 13.7. The minimum absolute atomic E-state index is 0.00812. The van der Waals surface area contributed by atoms with E-state index in [0.717, 1.165) is 16.4 Å². The molecule has 0 radical (unpaired) electrons. The van der Waals surface area contributed by atoms with Crippen molar-refractivity contribution in [1.82, 2.24) is 5.32 Å². The van der Waals surface area contributed by atoms with Gasteiger partial charge in [0.25, 0.3) is 10.0 Å². The van der Waals surface area contributed by atoms with E-state index in [1.54, 1.807) is 24.3 Å². The van der Waals surface area contributed by atoms with Crippen LogP contribution < -0.4 is 9.62 Å². The van der Waals surface area contributed by atoms with Crippen molar-refractivity contribution in [2.45, 2.75) is 11.4 Å². The molecular weight excluding hydrogens is 398 g/mol. The second kappa shape index (κ2) is 8.83. The molecule has 1 amide bonds. The third kappa shape index (κ3) is 4.97. The molecule has 3 aromatic carbocycles. The Morgan fingerprint density at radius 3 is 2.14 bits per heavy atom. The van der Waals surface area contributed by atoms with Gasteiger partial charge in [0.2, 0.25) is 5.91 Å². The molecule has 150 valence electrons. The molecule has 0 heterocycles. The number of anilines is 1. The molecule has 0 aliphatic carbocycles. The normalized spacial score (nSPS) is 11.1. The maximum absolute atomic E-state index is 13.7. The van der Waals surface area contributed by atoms with E-state index in [-0.39, 0.29) is 22.7 Å². The standard InChI is InChI=1S/C21H18F2N2O3S/c22-17-10-12-18(13-11-17)25(29(27,28)19-7-2-1-3-8-19)15-21(26)24-14-16-6-4-5-9-20(16)23/h1-13H,14-15H2,(H,24,26). The predicted molar refractivity (Wildman–Crippen MR) is 106 cm³/mol. The van der Waals surface area contributed by atoms with Gasteiger partial charge in [0, 0.05) is 12.1 Å². The average molecular weight is 416 g/mol. The van der Waals surface area contributed by atoms with Crippen LogP contribution in [0, 0.1) is 11.6 Å². The summed E-state index contributed by atoms with van der Waals surface area (Å²) in [5.41, 5.74) is 0.413. The lowest BCUT2D eigenvalue weighted by Gasteiger charge is -2.24. The number of nitrogens with one attached hydrogen (secondary N) is 1. The molecule has 0 saturated heterocycles. The van der Waals surface area contributed by atoms with Gasteiger partial charge in [-0.2, -0.15) is 0 Å². The highest BCUT2D eigenvalue weighted by Gasteiger charge is 2.27. The van der Waals surface area contributed by atoms with E-state index in [0.29, 0.717) is 0 Å². The van der Waals surface area contributed by atoms with Crippen molar-refractivity contribution in [3.8, 4) is 0 Å². The van der Waals surface area contributed by atoms with Gasteiger partial charge in [-0.25, -0.2) is 17.2 Å². The highest BCUT2D eigenvalue weighted by Crippen LogP contribution is 2.23. The van der Waals surface area contributed by atoms with Crippen molar-refractivity contribution in [2.24, 2.45) is 0 Å². The number of nitrogens with zero attached hydrogens (tertiary/aromatic N) is 1. The highest BCUT2D eigenvalue weighted by molar-refractivity contribution is 7.92. The van der Waals surface area contributed by atoms with Gasteiger partial charge in [-0.15, -0.1) is 0 Å². The van der Waals surface area contributed by atoms with E-state index >= 15 is 0 Å². The Hall–Kier alpha value is -3.26. The summed E-state index contributed by atoms with van der Waals surface area (Å²) >= 11 is 0. The Morgan fingerprint density at radius 2 is 1.48 bits per heavy atom. The largest absolute Gasteiger partial charge is 0.350 e. The van der Waals surface area contributed by atoms with Crippen LogP contribution in [0.2, 0.25) is 0 Å². The van der Waals surface area contributed by atoms with Crippen molar-refractivity contribution in [1.29, 1.82) is 0 Å². The zero-order valence-corrected chi connectivity index (χ0v) is 16.1. The Balaban J connectivity index is 1.84. The molecule has 0 atom stereocenters. The summed E-state index contributed by atoms with van der Waals surface area (Å²) in [4.78, 5) is 12.4. The first kappa shape index (κ1) is 20.5. The van der Waals surface area contributed by atoms with E-state index in [1.807, 2.05) is 0 Å². The van der Waals surface area contributed by atoms with E-state index < -0.39 is 34.1 Å². The van der Waals surface area contributed by atoms with E-state index in [1.165, 1.54) is 42.5 Å². The quantitative estimate of drug-likeness (QED) is 0.641. The van der Waals surface area contributed by atoms with Gasteiger partial charge in [-0.05, 0) is 42.5 Å². The van der Waals surface area contributed by atoms with Crippen LogP contribution in [-0.2, 0) is 21.4 Å². The van der Waals surface area contributed by atoms with Gasteiger partial charge in [0.05, 0.1) is 10.6 Å². The van der Waals surface area contributed by atoms with Crippen molar-refractivity contribution in [2.75, 3.05) is 10.8 Å². The first-order chi connectivity index (χ1) is 13.9. The number of sulfonamides is 1. The SMILES string of the molecule is O=C(CN(c1ccc(F)cc1)S(=O)(=O)c1ccccc1)NCc1ccccc1F. The second-order valence-corrected chi connectivity index (χ2v) is 8.03. The monoisotopic (exact) mass is 416 g/mol. The molecule has 3 rings (SSSR count). The molecule has 0 saturated carbocycles. The Morgan fingerprint density at radius 1 is 0.862 bits per heavy atom. The Labute approximate surface area is 167 Å². The fraction of sp³-hybridized carbons (Fsp3) is 0.0952. The van der Waals surface area contributed by atoms with Crippen LogP contribution in [0.5, 0.6) is 0 Å². The van der Waals surface area contributed by atoms with E-state index in [4.69, 9.17) is 0 Å². The number of hydrogen-bond acceptors (Lipinski definition) is 3. The van der Waals surface area contributed by atoms with E-state index in [9.17, 15) is 22.0 Å². The van der Waals surface area contributed by atoms with Crippen molar-refractivity contribution in [3.05, 3.63) is 96.1 Å². The minimum Gasteiger partial charge on any atom is -0.350 e. The smallest absolute Gasteiger partial charge is 0.264 e. The summed E-state index contributed by atoms with van der Waals surface area (Å²) in [7, 11) is -4.08. The Bertz CT molecular complexity index is 1090. The van der Waals surface area contributed by atoms with Crippen LogP contribution in [0.1, 0.15) is 5.56 Å². The fourth-order valence-corrected chi connectivity index (χ4v) is 4.11. The van der Waals surface area contributed by atoms with Crippen LogP contribution in [-0.4, -0.2) is 20.9 Å². The molecule has 5 nitrogen and oxygen atoms in total. The van der Waals surface area contributed by atoms with Crippen molar-refractivity contribution < 1.29 is 22.0 Å². The molecule has 1 N–H and O–H groups in total. The zero-order valence-electron chi connectivity index (χ0n) is 15.3. The average Bonchev–Trinajstić information content (AvgIpc) is 2.73. The minimum atomic E-state index is -4.08. The lowest BCUT2D eigenvalue weighted by molar-refractivity contribution is -0.119. The number of halogens is 2. The Kier molecular flexibility index (Phi) is 6.23. The highest BCUT2D eigenvalue weighted by atomic mass is 32.2. The van der Waals surface area contributed by atoms with Gasteiger partial charge in [0.15, 0.2) is 0 Å². The van der Waals surface area contributed by atoms with Crippen LogP contribution in [0.3, 0.4) is 0 Å². The summed E-state index contributed by atoms with van der Waals surface area (Å²) in [6.45, 7) is -0.633. The summed E-state index contributed by atoms with van der Waals surface area (Å²) in [5.74, 6) is -1.63. The summed E-state index contributed by atoms with van der Waals surface area (Å²) in [5, 5.41) is 2.52. The van der Waals surface area contributed by atoms with Gasteiger partial charge >= 0.3 is 0 Å². The molecule has 0 fully saturated rings. The molecule has 29 heavy (non-hydrogen) atoms. The zero-order chi connectivity index (χ0) is 20.9. The van der Waals surface area contributed by atoms with Gasteiger partial charge in [-0.1, -0.05) is 36.4 Å². The fourth-order valence-electron chi connectivity index (χ4n) is 2.66. The van der Waals surface area contributed by atoms with Crippen molar-refractivity contribution in [3.63, 3.8) is 0 Å². The summed E-state index contributed by atoms with van der Waals surface area (Å²) < 4.78 is 54.1. The molecule has 3 aromatic rings. The molecule has 0 aromatic heterocycles. The van der Waals surface area contributed by atoms with Crippen molar-refractivity contribution >= 4 is 21.6 Å². The van der Waals surface area contributed by atoms with Gasteiger partial charge in [0.1, 0.15) is 18.2 Å². The third-order valence-corrected chi connectivity index (χ3v) is 5.95. The maximum Gasteiger partial charge on any atom is 0.264 e. The number of amides is 1. The van der Waals surface area contributed by atoms with Crippen LogP contribution >= 0.6 is 0 Å². The lowest BCUT2D eigenvalue weighted by Crippen LogP contribution is -2.40. The number of hydrogen-bond donors (Lipinski definition) is 1. The topological polar surface area (TPSA) is 66.5 Å². The van der Waals surface area contributed by atoms with Crippen LogP contribution in [0.25, 0.3) is 0 Å². The van der Waals surface area contributed by atoms with Gasteiger partial charge in [-0.3, -0.25) is 9.10 Å². The summed E-state index contributed by atoms with van der Waals surface area (Å²) in [6, 6.07) is 18.3. The molecular formula is C21H18F2N2O3S. The predicted octanol–water partition coefficient (Wildman–Crippen LogP) is 3.48. The lowest BCUT2D eigenvalue weighted by atomic mass is 10.2. The number of carbonyl (C=O) groups is 1. The second-order valence-electron chi connectivity index (χ2n) is 6.17. The molecule has 0 aliphatic rings. The van der Waals surface area contributed by atoms with Crippen LogP contribution in [0.4, 0.5) is 14.5 Å². The number of benzene rings is 3. The molecule has 0 aliphatic heterocycles.